The summed E-state index contributed by atoms with van der Waals surface area (Å²) in [7, 11) is 0. The lowest BCUT2D eigenvalue weighted by Crippen LogP contribution is -2.38. The topological polar surface area (TPSA) is 23.5 Å². The predicted octanol–water partition coefficient (Wildman–Crippen LogP) is 1.66. The third-order valence-electron chi connectivity index (χ3n) is 1.71. The molecule has 0 bridgehead atoms. The first kappa shape index (κ1) is 11.7. The van der Waals surface area contributed by atoms with E-state index in [1.54, 1.807) is 0 Å². The first-order valence-corrected chi connectivity index (χ1v) is 4.55. The maximum atomic E-state index is 9.55. The summed E-state index contributed by atoms with van der Waals surface area (Å²) in [5.41, 5.74) is -0.586. The van der Waals surface area contributed by atoms with E-state index in [2.05, 4.69) is 18.4 Å². The molecule has 0 atom stereocenters. The normalized spacial score (nSPS) is 12.1. The standard InChI is InChI=1S/C10H21NO/c1-5-7-8-11(6-2)9-10(3,4)12/h5,12H,1,6-9H2,2-4H3. The van der Waals surface area contributed by atoms with Gasteiger partial charge in [-0.05, 0) is 26.8 Å². The molecule has 0 spiro atoms. The van der Waals surface area contributed by atoms with E-state index < -0.39 is 5.60 Å². The Morgan fingerprint density at radius 3 is 2.42 bits per heavy atom. The van der Waals surface area contributed by atoms with Crippen LogP contribution in [0.25, 0.3) is 0 Å². The first-order valence-electron chi connectivity index (χ1n) is 4.55. The molecular formula is C10H21NO. The van der Waals surface area contributed by atoms with Crippen molar-refractivity contribution in [1.82, 2.24) is 4.90 Å². The van der Waals surface area contributed by atoms with E-state index in [-0.39, 0.29) is 0 Å². The quantitative estimate of drug-likeness (QED) is 0.614. The Labute approximate surface area is 75.9 Å². The van der Waals surface area contributed by atoms with Crippen molar-refractivity contribution in [1.29, 1.82) is 0 Å². The molecule has 0 saturated heterocycles. The Morgan fingerprint density at radius 2 is 2.08 bits per heavy atom. The van der Waals surface area contributed by atoms with E-state index in [0.717, 1.165) is 26.1 Å². The summed E-state index contributed by atoms with van der Waals surface area (Å²) in [6.07, 6.45) is 2.90. The lowest BCUT2D eigenvalue weighted by atomic mass is 10.1. The Balaban J connectivity index is 3.74. The lowest BCUT2D eigenvalue weighted by Gasteiger charge is -2.27. The predicted molar refractivity (Wildman–Crippen MR) is 53.2 cm³/mol. The maximum absolute atomic E-state index is 9.55. The summed E-state index contributed by atoms with van der Waals surface area (Å²) < 4.78 is 0. The molecule has 2 heteroatoms. The molecule has 0 aliphatic carbocycles. The molecule has 2 nitrogen and oxygen atoms in total. The van der Waals surface area contributed by atoms with Gasteiger partial charge in [-0.3, -0.25) is 0 Å². The number of hydrogen-bond acceptors (Lipinski definition) is 2. The Kier molecular flexibility index (Phi) is 5.18. The highest BCUT2D eigenvalue weighted by atomic mass is 16.3. The molecule has 0 radical (unpaired) electrons. The zero-order chi connectivity index (χ0) is 9.61. The minimum absolute atomic E-state index is 0.586. The Morgan fingerprint density at radius 1 is 1.50 bits per heavy atom. The van der Waals surface area contributed by atoms with Crippen molar-refractivity contribution in [3.8, 4) is 0 Å². The molecule has 0 saturated carbocycles. The van der Waals surface area contributed by atoms with E-state index in [4.69, 9.17) is 0 Å². The van der Waals surface area contributed by atoms with Crippen LogP contribution < -0.4 is 0 Å². The van der Waals surface area contributed by atoms with Crippen molar-refractivity contribution in [3.05, 3.63) is 12.7 Å². The van der Waals surface area contributed by atoms with Crippen molar-refractivity contribution in [2.75, 3.05) is 19.6 Å². The van der Waals surface area contributed by atoms with Crippen molar-refractivity contribution in [2.24, 2.45) is 0 Å². The molecule has 0 aromatic carbocycles. The fraction of sp³-hybridized carbons (Fsp3) is 0.800. The monoisotopic (exact) mass is 171 g/mol. The molecule has 72 valence electrons. The average molecular weight is 171 g/mol. The van der Waals surface area contributed by atoms with E-state index in [1.165, 1.54) is 0 Å². The van der Waals surface area contributed by atoms with Gasteiger partial charge in [0.1, 0.15) is 0 Å². The number of rotatable bonds is 6. The molecular weight excluding hydrogens is 150 g/mol. The van der Waals surface area contributed by atoms with Crippen LogP contribution in [-0.4, -0.2) is 35.2 Å². The van der Waals surface area contributed by atoms with Crippen LogP contribution in [0.5, 0.6) is 0 Å². The third kappa shape index (κ3) is 6.38. The Bertz CT molecular complexity index is 126. The molecule has 0 unspecified atom stereocenters. The minimum atomic E-state index is -0.586. The molecule has 12 heavy (non-hydrogen) atoms. The second-order valence-electron chi connectivity index (χ2n) is 3.76. The van der Waals surface area contributed by atoms with Crippen molar-refractivity contribution in [2.45, 2.75) is 32.8 Å². The van der Waals surface area contributed by atoms with Gasteiger partial charge in [-0.15, -0.1) is 6.58 Å². The van der Waals surface area contributed by atoms with Gasteiger partial charge in [0, 0.05) is 13.1 Å². The van der Waals surface area contributed by atoms with Gasteiger partial charge in [0.2, 0.25) is 0 Å². The number of aliphatic hydroxyl groups is 1. The van der Waals surface area contributed by atoms with Gasteiger partial charge >= 0.3 is 0 Å². The zero-order valence-electron chi connectivity index (χ0n) is 8.51. The second-order valence-corrected chi connectivity index (χ2v) is 3.76. The average Bonchev–Trinajstić information content (AvgIpc) is 1.95. The summed E-state index contributed by atoms with van der Waals surface area (Å²) in [6.45, 7) is 12.2. The Hall–Kier alpha value is -0.340. The van der Waals surface area contributed by atoms with Crippen molar-refractivity contribution < 1.29 is 5.11 Å². The van der Waals surface area contributed by atoms with E-state index >= 15 is 0 Å². The van der Waals surface area contributed by atoms with Crippen LogP contribution in [0.2, 0.25) is 0 Å². The van der Waals surface area contributed by atoms with Crippen molar-refractivity contribution in [3.63, 3.8) is 0 Å². The molecule has 1 N–H and O–H groups in total. The molecule has 0 heterocycles. The molecule has 0 aliphatic rings. The summed E-state index contributed by atoms with van der Waals surface area (Å²) in [5.74, 6) is 0. The van der Waals surface area contributed by atoms with Gasteiger partial charge in [-0.25, -0.2) is 0 Å². The lowest BCUT2D eigenvalue weighted by molar-refractivity contribution is 0.0384. The highest BCUT2D eigenvalue weighted by Crippen LogP contribution is 2.04. The van der Waals surface area contributed by atoms with E-state index in [9.17, 15) is 5.11 Å². The third-order valence-corrected chi connectivity index (χ3v) is 1.71. The van der Waals surface area contributed by atoms with Crippen LogP contribution in [0.15, 0.2) is 12.7 Å². The molecule has 0 aromatic heterocycles. The largest absolute Gasteiger partial charge is 0.389 e. The van der Waals surface area contributed by atoms with Crippen LogP contribution in [0.3, 0.4) is 0 Å². The molecule has 0 rings (SSSR count). The van der Waals surface area contributed by atoms with Crippen LogP contribution in [-0.2, 0) is 0 Å². The minimum Gasteiger partial charge on any atom is -0.389 e. The maximum Gasteiger partial charge on any atom is 0.0718 e. The van der Waals surface area contributed by atoms with Crippen LogP contribution in [0, 0.1) is 0 Å². The zero-order valence-corrected chi connectivity index (χ0v) is 8.51. The molecule has 0 fully saturated rings. The van der Waals surface area contributed by atoms with Crippen LogP contribution in [0.1, 0.15) is 27.2 Å². The summed E-state index contributed by atoms with van der Waals surface area (Å²) >= 11 is 0. The second kappa shape index (κ2) is 5.33. The van der Waals surface area contributed by atoms with Crippen molar-refractivity contribution >= 4 is 0 Å². The fourth-order valence-electron chi connectivity index (χ4n) is 1.17. The molecule has 0 aromatic rings. The van der Waals surface area contributed by atoms with Crippen LogP contribution in [0.4, 0.5) is 0 Å². The molecule has 0 amide bonds. The highest BCUT2D eigenvalue weighted by Gasteiger charge is 2.15. The van der Waals surface area contributed by atoms with E-state index in [0.29, 0.717) is 0 Å². The van der Waals surface area contributed by atoms with Gasteiger partial charge in [-0.2, -0.15) is 0 Å². The SMILES string of the molecule is C=CCCN(CC)CC(C)(C)O. The number of hydrogen-bond donors (Lipinski definition) is 1. The fourth-order valence-corrected chi connectivity index (χ4v) is 1.17. The first-order chi connectivity index (χ1) is 5.49. The molecule has 0 aliphatic heterocycles. The number of nitrogens with zero attached hydrogens (tertiary/aromatic N) is 1. The summed E-state index contributed by atoms with van der Waals surface area (Å²) in [5, 5.41) is 9.55. The van der Waals surface area contributed by atoms with Gasteiger partial charge in [-0.1, -0.05) is 13.0 Å². The van der Waals surface area contributed by atoms with Gasteiger partial charge < -0.3 is 10.0 Å². The van der Waals surface area contributed by atoms with Gasteiger partial charge in [0.05, 0.1) is 5.60 Å². The number of likely N-dealkylation sites (N-methyl/N-ethyl adjacent to an activating group) is 1. The van der Waals surface area contributed by atoms with E-state index in [1.807, 2.05) is 19.9 Å². The highest BCUT2D eigenvalue weighted by molar-refractivity contribution is 4.74. The summed E-state index contributed by atoms with van der Waals surface area (Å²) in [4.78, 5) is 2.22. The smallest absolute Gasteiger partial charge is 0.0718 e. The van der Waals surface area contributed by atoms with Crippen LogP contribution >= 0.6 is 0 Å². The summed E-state index contributed by atoms with van der Waals surface area (Å²) in [6, 6.07) is 0. The van der Waals surface area contributed by atoms with Gasteiger partial charge in [0.15, 0.2) is 0 Å². The van der Waals surface area contributed by atoms with Gasteiger partial charge in [0.25, 0.3) is 0 Å².